The van der Waals surface area contributed by atoms with E-state index in [0.29, 0.717) is 24.5 Å². The second-order valence-electron chi connectivity index (χ2n) is 9.48. The molecule has 1 saturated heterocycles. The van der Waals surface area contributed by atoms with Crippen LogP contribution in [0.25, 0.3) is 22.2 Å². The molecule has 1 aromatic heterocycles. The Morgan fingerprint density at radius 1 is 1.20 bits per heavy atom. The van der Waals surface area contributed by atoms with Gasteiger partial charge in [0.2, 0.25) is 5.91 Å². The van der Waals surface area contributed by atoms with E-state index in [2.05, 4.69) is 10.2 Å². The number of hydrogen-bond donors (Lipinski definition) is 1. The Hall–Kier alpha value is -2.70. The van der Waals surface area contributed by atoms with E-state index < -0.39 is 6.17 Å². The van der Waals surface area contributed by atoms with Crippen molar-refractivity contribution in [3.05, 3.63) is 59.1 Å². The summed E-state index contributed by atoms with van der Waals surface area (Å²) in [6, 6.07) is 15.5. The lowest BCUT2D eigenvalue weighted by atomic mass is 10.0. The lowest BCUT2D eigenvalue weighted by Gasteiger charge is -2.28. The van der Waals surface area contributed by atoms with Crippen molar-refractivity contribution in [2.45, 2.75) is 51.7 Å². The maximum absolute atomic E-state index is 13.3. The van der Waals surface area contributed by atoms with Crippen LogP contribution in [0.4, 0.5) is 4.39 Å². The number of nitrogens with one attached hydrogen (secondary N) is 1. The monoisotopic (exact) mass is 497 g/mol. The zero-order valence-electron chi connectivity index (χ0n) is 20.4. The van der Waals surface area contributed by atoms with E-state index in [-0.39, 0.29) is 18.4 Å². The van der Waals surface area contributed by atoms with Gasteiger partial charge in [-0.3, -0.25) is 4.79 Å². The van der Waals surface area contributed by atoms with Gasteiger partial charge in [0.05, 0.1) is 24.2 Å². The van der Waals surface area contributed by atoms with Crippen molar-refractivity contribution in [2.75, 3.05) is 26.2 Å². The fourth-order valence-electron chi connectivity index (χ4n) is 4.46. The Bertz CT molecular complexity index is 1160. The number of carbonyl (C=O) groups is 1. The minimum absolute atomic E-state index is 0.0476. The van der Waals surface area contributed by atoms with Crippen molar-refractivity contribution in [3.63, 3.8) is 0 Å². The molecule has 35 heavy (non-hydrogen) atoms. The number of piperidine rings is 1. The van der Waals surface area contributed by atoms with Crippen molar-refractivity contribution in [1.82, 2.24) is 15.2 Å². The third kappa shape index (κ3) is 7.15. The predicted octanol–water partition coefficient (Wildman–Crippen LogP) is 5.83. The van der Waals surface area contributed by atoms with Gasteiger partial charge in [-0.05, 0) is 75.1 Å². The van der Waals surface area contributed by atoms with Crippen LogP contribution >= 0.6 is 11.6 Å². The third-order valence-electron chi connectivity index (χ3n) is 6.17. The Morgan fingerprint density at radius 2 is 2.00 bits per heavy atom. The first-order chi connectivity index (χ1) is 16.9. The number of ether oxygens (including phenoxy) is 1. The number of nitrogens with zero attached hydrogens (tertiary/aromatic N) is 2. The van der Waals surface area contributed by atoms with Crippen LogP contribution in [0.1, 0.15) is 38.7 Å². The van der Waals surface area contributed by atoms with Crippen LogP contribution < -0.4 is 10.1 Å². The van der Waals surface area contributed by atoms with Gasteiger partial charge in [0.15, 0.2) is 0 Å². The molecule has 2 heterocycles. The Balaban J connectivity index is 1.50. The summed E-state index contributed by atoms with van der Waals surface area (Å²) in [4.78, 5) is 19.8. The number of alkyl halides is 1. The topological polar surface area (TPSA) is 54.5 Å². The van der Waals surface area contributed by atoms with Gasteiger partial charge >= 0.3 is 0 Å². The van der Waals surface area contributed by atoms with E-state index in [0.717, 1.165) is 59.5 Å². The largest absolute Gasteiger partial charge is 0.494 e. The SMILES string of the molecule is CC(C)NC(=O)Cc1cc2cc(OCCCN3CCC(F)CC3)ccc2nc1-c1cccc(Cl)c1. The van der Waals surface area contributed by atoms with Gasteiger partial charge in [0.1, 0.15) is 11.9 Å². The number of likely N-dealkylation sites (tertiary alicyclic amines) is 1. The number of amides is 1. The fraction of sp³-hybridized carbons (Fsp3) is 0.429. The number of rotatable bonds is 9. The number of hydrogen-bond acceptors (Lipinski definition) is 4. The molecular weight excluding hydrogens is 465 g/mol. The van der Waals surface area contributed by atoms with E-state index in [4.69, 9.17) is 21.3 Å². The number of carbonyl (C=O) groups excluding carboxylic acids is 1. The minimum Gasteiger partial charge on any atom is -0.494 e. The molecule has 3 aromatic rings. The summed E-state index contributed by atoms with van der Waals surface area (Å²) in [5.41, 5.74) is 3.30. The lowest BCUT2D eigenvalue weighted by molar-refractivity contribution is -0.120. The molecule has 1 aliphatic rings. The van der Waals surface area contributed by atoms with Crippen LogP contribution in [0.2, 0.25) is 5.02 Å². The molecular formula is C28H33ClFN3O2. The lowest BCUT2D eigenvalue weighted by Crippen LogP contribution is -2.35. The molecule has 1 N–H and O–H groups in total. The summed E-state index contributed by atoms with van der Waals surface area (Å²) in [6.45, 7) is 7.05. The quantitative estimate of drug-likeness (QED) is 0.378. The first-order valence-corrected chi connectivity index (χ1v) is 12.7. The molecule has 186 valence electrons. The fourth-order valence-corrected chi connectivity index (χ4v) is 4.65. The molecule has 0 aliphatic carbocycles. The Labute approximate surface area is 211 Å². The van der Waals surface area contributed by atoms with Gasteiger partial charge in [-0.25, -0.2) is 9.37 Å². The molecule has 5 nitrogen and oxygen atoms in total. The van der Waals surface area contributed by atoms with Crippen molar-refractivity contribution in [2.24, 2.45) is 0 Å². The third-order valence-corrected chi connectivity index (χ3v) is 6.40. The average Bonchev–Trinajstić information content (AvgIpc) is 2.82. The summed E-state index contributed by atoms with van der Waals surface area (Å²) in [6.07, 6.45) is 1.74. The predicted molar refractivity (Wildman–Crippen MR) is 140 cm³/mol. The van der Waals surface area contributed by atoms with Crippen LogP contribution in [-0.2, 0) is 11.2 Å². The highest BCUT2D eigenvalue weighted by Crippen LogP contribution is 2.30. The van der Waals surface area contributed by atoms with E-state index in [1.165, 1.54) is 0 Å². The van der Waals surface area contributed by atoms with Crippen molar-refractivity contribution < 1.29 is 13.9 Å². The summed E-state index contributed by atoms with van der Waals surface area (Å²) in [5, 5.41) is 4.51. The number of pyridine rings is 1. The van der Waals surface area contributed by atoms with E-state index in [1.807, 2.05) is 62.4 Å². The molecule has 1 aliphatic heterocycles. The van der Waals surface area contributed by atoms with Gasteiger partial charge in [-0.15, -0.1) is 0 Å². The van der Waals surface area contributed by atoms with Crippen LogP contribution in [0.5, 0.6) is 5.75 Å². The molecule has 2 aromatic carbocycles. The van der Waals surface area contributed by atoms with Crippen LogP contribution in [0.15, 0.2) is 48.5 Å². The van der Waals surface area contributed by atoms with Gasteiger partial charge in [-0.1, -0.05) is 23.7 Å². The van der Waals surface area contributed by atoms with Crippen molar-refractivity contribution in [3.8, 4) is 17.0 Å². The van der Waals surface area contributed by atoms with Crippen molar-refractivity contribution >= 4 is 28.4 Å². The van der Waals surface area contributed by atoms with Crippen LogP contribution in [0, 0.1) is 0 Å². The highest BCUT2D eigenvalue weighted by Gasteiger charge is 2.18. The van der Waals surface area contributed by atoms with Crippen LogP contribution in [0.3, 0.4) is 0 Å². The highest BCUT2D eigenvalue weighted by atomic mass is 35.5. The molecule has 1 amide bonds. The summed E-state index contributed by atoms with van der Waals surface area (Å²) in [5.74, 6) is 0.725. The summed E-state index contributed by atoms with van der Waals surface area (Å²) in [7, 11) is 0. The average molecular weight is 498 g/mol. The molecule has 0 radical (unpaired) electrons. The van der Waals surface area contributed by atoms with Gasteiger partial charge in [-0.2, -0.15) is 0 Å². The minimum atomic E-state index is -0.644. The first-order valence-electron chi connectivity index (χ1n) is 12.4. The zero-order valence-corrected chi connectivity index (χ0v) is 21.2. The second kappa shape index (κ2) is 11.8. The van der Waals surface area contributed by atoms with Gasteiger partial charge in [0.25, 0.3) is 0 Å². The molecule has 0 bridgehead atoms. The van der Waals surface area contributed by atoms with E-state index in [9.17, 15) is 9.18 Å². The Kier molecular flexibility index (Phi) is 8.58. The molecule has 0 unspecified atom stereocenters. The number of halogens is 2. The maximum atomic E-state index is 13.3. The standard InChI is InChI=1S/C28H33ClFN3O2/c1-19(2)31-27(34)18-22-15-21-17-25(35-14-4-11-33-12-9-24(30)10-13-33)7-8-26(21)32-28(22)20-5-3-6-23(29)16-20/h3,5-8,15-17,19,24H,4,9-14,18H2,1-2H3,(H,31,34). The molecule has 0 saturated carbocycles. The Morgan fingerprint density at radius 3 is 2.74 bits per heavy atom. The first kappa shape index (κ1) is 25.4. The van der Waals surface area contributed by atoms with Gasteiger partial charge in [0, 0.05) is 41.6 Å². The summed E-state index contributed by atoms with van der Waals surface area (Å²) < 4.78 is 19.3. The highest BCUT2D eigenvalue weighted by molar-refractivity contribution is 6.30. The smallest absolute Gasteiger partial charge is 0.224 e. The van der Waals surface area contributed by atoms with Crippen LogP contribution in [-0.4, -0.2) is 54.2 Å². The molecule has 1 fully saturated rings. The molecule has 0 atom stereocenters. The molecule has 7 heteroatoms. The number of aromatic nitrogens is 1. The van der Waals surface area contributed by atoms with Gasteiger partial charge < -0.3 is 15.0 Å². The molecule has 0 spiro atoms. The maximum Gasteiger partial charge on any atom is 0.224 e. The zero-order chi connectivity index (χ0) is 24.8. The number of fused-ring (bicyclic) bond motifs is 1. The normalized spacial score (nSPS) is 15.0. The summed E-state index contributed by atoms with van der Waals surface area (Å²) >= 11 is 6.23. The second-order valence-corrected chi connectivity index (χ2v) is 9.91. The van der Waals surface area contributed by atoms with E-state index >= 15 is 0 Å². The molecule has 4 rings (SSSR count). The van der Waals surface area contributed by atoms with E-state index in [1.54, 1.807) is 0 Å². The number of benzene rings is 2. The van der Waals surface area contributed by atoms with Crippen molar-refractivity contribution in [1.29, 1.82) is 0 Å².